The normalized spacial score (nSPS) is 10.6. The van der Waals surface area contributed by atoms with E-state index in [0.29, 0.717) is 11.3 Å². The number of carbonyl (C=O) groups excluding carboxylic acids is 1. The Morgan fingerprint density at radius 3 is 2.45 bits per heavy atom. The minimum absolute atomic E-state index is 0.159. The van der Waals surface area contributed by atoms with Gasteiger partial charge in [0.25, 0.3) is 0 Å². The molecule has 1 aromatic heterocycles. The number of nitrogens with zero attached hydrogens (tertiary/aromatic N) is 2. The Bertz CT molecular complexity index is 1460. The molecule has 0 spiro atoms. The van der Waals surface area contributed by atoms with Crippen molar-refractivity contribution in [2.75, 3.05) is 0 Å². The molecular formula is C27H18N2O2. The van der Waals surface area contributed by atoms with Crippen LogP contribution in [0.2, 0.25) is 0 Å². The Morgan fingerprint density at radius 2 is 1.58 bits per heavy atom. The van der Waals surface area contributed by atoms with Crippen LogP contribution in [0.5, 0.6) is 5.75 Å². The van der Waals surface area contributed by atoms with E-state index in [9.17, 15) is 4.79 Å². The molecule has 4 heteroatoms. The quantitative estimate of drug-likeness (QED) is 0.376. The summed E-state index contributed by atoms with van der Waals surface area (Å²) in [6.45, 7) is 0.159. The molecule has 0 unspecified atom stereocenters. The van der Waals surface area contributed by atoms with Crippen LogP contribution in [0.4, 0.5) is 0 Å². The van der Waals surface area contributed by atoms with Crippen LogP contribution in [0.3, 0.4) is 0 Å². The van der Waals surface area contributed by atoms with Crippen molar-refractivity contribution in [3.63, 3.8) is 0 Å². The minimum Gasteiger partial charge on any atom is -0.486 e. The van der Waals surface area contributed by atoms with E-state index in [2.05, 4.69) is 22.9 Å². The lowest BCUT2D eigenvalue weighted by atomic mass is 10.1. The number of rotatable bonds is 3. The molecule has 5 aromatic rings. The van der Waals surface area contributed by atoms with Gasteiger partial charge in [-0.2, -0.15) is 0 Å². The number of para-hydroxylation sites is 2. The minimum atomic E-state index is -0.338. The van der Waals surface area contributed by atoms with Crippen molar-refractivity contribution in [1.82, 2.24) is 9.55 Å². The van der Waals surface area contributed by atoms with Crippen molar-refractivity contribution in [2.45, 2.75) is 6.61 Å². The van der Waals surface area contributed by atoms with Gasteiger partial charge in [0, 0.05) is 11.5 Å². The zero-order valence-corrected chi connectivity index (χ0v) is 16.7. The maximum atomic E-state index is 13.0. The van der Waals surface area contributed by atoms with E-state index in [-0.39, 0.29) is 12.5 Å². The van der Waals surface area contributed by atoms with Crippen LogP contribution in [0, 0.1) is 11.8 Å². The number of imidazole rings is 1. The van der Waals surface area contributed by atoms with Gasteiger partial charge < -0.3 is 4.74 Å². The van der Waals surface area contributed by atoms with Gasteiger partial charge in [-0.05, 0) is 47.2 Å². The van der Waals surface area contributed by atoms with Crippen LogP contribution < -0.4 is 4.74 Å². The van der Waals surface area contributed by atoms with E-state index >= 15 is 0 Å². The van der Waals surface area contributed by atoms with Crippen molar-refractivity contribution in [2.24, 2.45) is 0 Å². The fourth-order valence-electron chi connectivity index (χ4n) is 3.51. The number of aromatic nitrogens is 2. The topological polar surface area (TPSA) is 44.1 Å². The molecule has 0 saturated carbocycles. The van der Waals surface area contributed by atoms with Crippen molar-refractivity contribution in [3.8, 4) is 17.6 Å². The molecule has 0 aliphatic heterocycles. The maximum absolute atomic E-state index is 13.0. The van der Waals surface area contributed by atoms with Crippen molar-refractivity contribution in [1.29, 1.82) is 0 Å². The highest BCUT2D eigenvalue weighted by atomic mass is 16.5. The van der Waals surface area contributed by atoms with Crippen LogP contribution in [-0.4, -0.2) is 15.5 Å². The molecule has 0 atom stereocenters. The summed E-state index contributed by atoms with van der Waals surface area (Å²) in [6, 6.07) is 31.0. The van der Waals surface area contributed by atoms with Gasteiger partial charge in [-0.25, -0.2) is 4.98 Å². The van der Waals surface area contributed by atoms with Crippen molar-refractivity contribution in [3.05, 3.63) is 108 Å². The Balaban J connectivity index is 1.47. The van der Waals surface area contributed by atoms with Gasteiger partial charge in [-0.15, -0.1) is 0 Å². The smallest absolute Gasteiger partial charge is 0.308 e. The molecule has 5 rings (SSSR count). The third kappa shape index (κ3) is 3.90. The van der Waals surface area contributed by atoms with E-state index in [4.69, 9.17) is 4.74 Å². The first kappa shape index (κ1) is 18.7. The molecule has 0 N–H and O–H groups in total. The Hall–Kier alpha value is -4.36. The van der Waals surface area contributed by atoms with Gasteiger partial charge in [-0.1, -0.05) is 66.6 Å². The SMILES string of the molecule is O=C(C#Cc1ccccc1)n1c(COc2ccc3ccccc3c2)nc2ccccc21. The Labute approximate surface area is 179 Å². The van der Waals surface area contributed by atoms with Crippen LogP contribution in [-0.2, 0) is 6.61 Å². The van der Waals surface area contributed by atoms with E-state index in [1.807, 2.05) is 91.0 Å². The highest BCUT2D eigenvalue weighted by Crippen LogP contribution is 2.22. The lowest BCUT2D eigenvalue weighted by Gasteiger charge is -2.08. The van der Waals surface area contributed by atoms with E-state index in [1.165, 1.54) is 4.57 Å². The predicted octanol–water partition coefficient (Wildman–Crippen LogP) is 5.46. The van der Waals surface area contributed by atoms with Crippen LogP contribution in [0.1, 0.15) is 16.2 Å². The van der Waals surface area contributed by atoms with E-state index in [0.717, 1.165) is 27.6 Å². The highest BCUT2D eigenvalue weighted by molar-refractivity contribution is 6.01. The average molecular weight is 402 g/mol. The monoisotopic (exact) mass is 402 g/mol. The second kappa shape index (κ2) is 8.17. The van der Waals surface area contributed by atoms with Gasteiger partial charge in [0.15, 0.2) is 5.82 Å². The average Bonchev–Trinajstić information content (AvgIpc) is 3.20. The van der Waals surface area contributed by atoms with Crippen molar-refractivity contribution < 1.29 is 9.53 Å². The first-order valence-electron chi connectivity index (χ1n) is 9.97. The summed E-state index contributed by atoms with van der Waals surface area (Å²) < 4.78 is 7.53. The van der Waals surface area contributed by atoms with Crippen LogP contribution in [0.15, 0.2) is 97.1 Å². The molecule has 0 saturated heterocycles. The van der Waals surface area contributed by atoms with Crippen LogP contribution >= 0.6 is 0 Å². The first-order valence-corrected chi connectivity index (χ1v) is 9.97. The third-order valence-corrected chi connectivity index (χ3v) is 5.01. The third-order valence-electron chi connectivity index (χ3n) is 5.01. The number of carbonyl (C=O) groups is 1. The fourth-order valence-corrected chi connectivity index (χ4v) is 3.51. The molecule has 148 valence electrons. The van der Waals surface area contributed by atoms with E-state index in [1.54, 1.807) is 0 Å². The molecule has 1 heterocycles. The fraction of sp³-hybridized carbons (Fsp3) is 0.0370. The predicted molar refractivity (Wildman–Crippen MR) is 122 cm³/mol. The van der Waals surface area contributed by atoms with Gasteiger partial charge in [0.05, 0.1) is 11.0 Å². The number of ether oxygens (including phenoxy) is 1. The van der Waals surface area contributed by atoms with Crippen LogP contribution in [0.25, 0.3) is 21.8 Å². The Morgan fingerprint density at radius 1 is 0.839 bits per heavy atom. The Kier molecular flexibility index (Phi) is 4.92. The van der Waals surface area contributed by atoms with Crippen molar-refractivity contribution >= 4 is 27.7 Å². The lowest BCUT2D eigenvalue weighted by molar-refractivity contribution is 0.0976. The standard InChI is InChI=1S/C27H18N2O2/c30-27(17-14-20-8-2-1-3-9-20)29-25-13-7-6-12-24(25)28-26(29)19-31-23-16-15-21-10-4-5-11-22(21)18-23/h1-13,15-16,18H,19H2. The largest absolute Gasteiger partial charge is 0.486 e. The van der Waals surface area contributed by atoms with Gasteiger partial charge in [0.2, 0.25) is 0 Å². The molecule has 0 fully saturated rings. The lowest BCUT2D eigenvalue weighted by Crippen LogP contribution is -2.14. The molecular weight excluding hydrogens is 384 g/mol. The van der Waals surface area contributed by atoms with E-state index < -0.39 is 0 Å². The molecule has 0 bridgehead atoms. The summed E-state index contributed by atoms with van der Waals surface area (Å²) in [6.07, 6.45) is 0. The molecule has 31 heavy (non-hydrogen) atoms. The van der Waals surface area contributed by atoms with Gasteiger partial charge in [0.1, 0.15) is 12.4 Å². The first-order chi connectivity index (χ1) is 15.3. The number of hydrogen-bond donors (Lipinski definition) is 0. The summed E-state index contributed by atoms with van der Waals surface area (Å²) in [5.41, 5.74) is 2.23. The molecule has 4 nitrogen and oxygen atoms in total. The number of hydrogen-bond acceptors (Lipinski definition) is 3. The number of benzene rings is 4. The number of fused-ring (bicyclic) bond motifs is 2. The second-order valence-electron chi connectivity index (χ2n) is 7.07. The summed E-state index contributed by atoms with van der Waals surface area (Å²) >= 11 is 0. The van der Waals surface area contributed by atoms with Gasteiger partial charge >= 0.3 is 5.91 Å². The molecule has 4 aromatic carbocycles. The zero-order chi connectivity index (χ0) is 21.0. The molecule has 0 radical (unpaired) electrons. The molecule has 0 amide bonds. The summed E-state index contributed by atoms with van der Waals surface area (Å²) in [7, 11) is 0. The molecule has 0 aliphatic rings. The summed E-state index contributed by atoms with van der Waals surface area (Å²) in [5, 5.41) is 2.24. The van der Waals surface area contributed by atoms with Gasteiger partial charge in [-0.3, -0.25) is 9.36 Å². The highest BCUT2D eigenvalue weighted by Gasteiger charge is 2.16. The summed E-state index contributed by atoms with van der Waals surface area (Å²) in [5.74, 6) is 6.56. The second-order valence-corrected chi connectivity index (χ2v) is 7.07. The molecule has 0 aliphatic carbocycles. The summed E-state index contributed by atoms with van der Waals surface area (Å²) in [4.78, 5) is 17.6. The maximum Gasteiger partial charge on any atom is 0.308 e. The zero-order valence-electron chi connectivity index (χ0n) is 16.7.